The number of aliphatic hydroxyl groups excluding tert-OH is 4. The summed E-state index contributed by atoms with van der Waals surface area (Å²) in [6.45, 7) is 5.51. The van der Waals surface area contributed by atoms with Crippen molar-refractivity contribution in [2.75, 3.05) is 38.7 Å². The van der Waals surface area contributed by atoms with Gasteiger partial charge in [0, 0.05) is 92.6 Å². The number of aromatic hydroxyl groups is 3. The summed E-state index contributed by atoms with van der Waals surface area (Å²) >= 11 is 0. The first-order valence-electron chi connectivity index (χ1n) is 35.7. The fraction of sp³-hybridized carbons (Fsp3) is 0.429. The highest BCUT2D eigenvalue weighted by molar-refractivity contribution is 6.06. The lowest BCUT2D eigenvalue weighted by molar-refractivity contribution is -0.142. The number of phenols is 3. The Balaban J connectivity index is 1.02. The Labute approximate surface area is 576 Å². The molecular weight excluding hydrogens is 1220 g/mol. The normalized spacial score (nSPS) is 28.3. The zero-order valence-electron chi connectivity index (χ0n) is 56.5. The minimum Gasteiger partial charge on any atom is -0.508 e. The van der Waals surface area contributed by atoms with Crippen LogP contribution in [0.5, 0.6) is 23.0 Å². The highest BCUT2D eigenvalue weighted by Gasteiger charge is 2.46. The van der Waals surface area contributed by atoms with Crippen molar-refractivity contribution in [1.29, 1.82) is 0 Å². The van der Waals surface area contributed by atoms with E-state index < -0.39 is 47.6 Å². The van der Waals surface area contributed by atoms with Crippen molar-refractivity contribution < 1.29 is 50.1 Å². The Bertz CT molecular complexity index is 4250. The fourth-order valence-electron chi connectivity index (χ4n) is 17.6. The molecule has 4 aliphatic carbocycles. The van der Waals surface area contributed by atoms with Crippen LogP contribution in [-0.2, 0) is 41.7 Å². The summed E-state index contributed by atoms with van der Waals surface area (Å²) in [6.07, 6.45) is 8.88. The molecule has 11 N–H and O–H groups in total. The summed E-state index contributed by atoms with van der Waals surface area (Å²) < 4.78 is 5.72. The standard InChI is InChI=1S/C84H94N4O10/c1-4-12-69-60-35-58-33-54-23-25-71(73-44-79(94)80(98-3)40-55(73)24-26-77(92)84(97)83(96)74(54)39-60)70-19-9-8-18-68(70)59-32-52(72(63(36-59)48-89)31-51-15-10-17-65(90)30-51)16-11-20-67(58)56-27-28-86-81(41-56)88-76-43-75-53(34-61(76)29-50-13-6-5-7-14-50)21-22-57(82(75)95)38-66(91)47-85-45-49(2)62-37-64(87-46-62)42-78(69)93/h5-10,13-15,17-19,21-22,27,30,34,37,40-41,43-44,46,49,52,54,58-60,63,66-67,69,71-72,74,78,84-91,93-95,97H,4,12,20,24,26,28-29,31-33,35-36,38-39,42,45,47-48H2,1-3H3. The van der Waals surface area contributed by atoms with Gasteiger partial charge in [-0.25, -0.2) is 0 Å². The molecule has 0 saturated heterocycles. The number of ketones is 2. The van der Waals surface area contributed by atoms with E-state index in [-0.39, 0.29) is 109 Å². The molecule has 14 nitrogen and oxygen atoms in total. The number of methoxy groups -OCH3 is 1. The van der Waals surface area contributed by atoms with Crippen LogP contribution in [0.3, 0.4) is 0 Å². The molecule has 6 aromatic carbocycles. The Hall–Kier alpha value is -8.60. The van der Waals surface area contributed by atoms with Crippen LogP contribution < -0.4 is 20.7 Å². The molecule has 7 aromatic rings. The van der Waals surface area contributed by atoms with Crippen LogP contribution in [0, 0.1) is 76.9 Å². The van der Waals surface area contributed by atoms with Crippen LogP contribution in [0.1, 0.15) is 145 Å². The first-order chi connectivity index (χ1) is 47.6. The lowest BCUT2D eigenvalue weighted by atomic mass is 9.63. The van der Waals surface area contributed by atoms with Gasteiger partial charge in [-0.05, 0) is 215 Å². The Morgan fingerprint density at radius 1 is 0.714 bits per heavy atom. The summed E-state index contributed by atoms with van der Waals surface area (Å²) in [5.74, 6) is 11.6. The lowest BCUT2D eigenvalue weighted by Gasteiger charge is -2.41. The molecule has 2 aliphatic heterocycles. The van der Waals surface area contributed by atoms with Gasteiger partial charge in [-0.2, -0.15) is 0 Å². The first-order valence-corrected chi connectivity index (χ1v) is 35.7. The summed E-state index contributed by atoms with van der Waals surface area (Å²) in [5.41, 5.74) is 10.8. The molecular formula is C84H94N4O10. The minimum absolute atomic E-state index is 0.0408. The zero-order chi connectivity index (χ0) is 68.1. The van der Waals surface area contributed by atoms with Crippen molar-refractivity contribution >= 4 is 28.0 Å². The molecule has 2 saturated carbocycles. The number of carbonyl (C=O) groups is 2. The number of aromatic nitrogens is 1. The maximum absolute atomic E-state index is 15.8. The summed E-state index contributed by atoms with van der Waals surface area (Å²) in [5, 5.41) is 95.9. The van der Waals surface area contributed by atoms with Crippen molar-refractivity contribution in [3.8, 4) is 46.7 Å². The number of nitrogens with one attached hydrogen (secondary N) is 4. The Morgan fingerprint density at radius 2 is 1.53 bits per heavy atom. The van der Waals surface area contributed by atoms with E-state index in [1.54, 1.807) is 18.2 Å². The average molecular weight is 1320 g/mol. The summed E-state index contributed by atoms with van der Waals surface area (Å²) in [7, 11) is 1.48. The topological polar surface area (TPSA) is 237 Å². The van der Waals surface area contributed by atoms with Crippen LogP contribution >= 0.6 is 0 Å². The van der Waals surface area contributed by atoms with Crippen LogP contribution in [-0.4, -0.2) is 104 Å². The van der Waals surface area contributed by atoms with Crippen molar-refractivity contribution in [2.24, 2.45) is 53.3 Å². The fourth-order valence-corrected chi connectivity index (χ4v) is 17.6. The van der Waals surface area contributed by atoms with Gasteiger partial charge in [0.1, 0.15) is 17.3 Å². The molecule has 2 fully saturated rings. The largest absolute Gasteiger partial charge is 0.508 e. The molecule has 3 heterocycles. The second-order valence-electron chi connectivity index (χ2n) is 29.0. The van der Waals surface area contributed by atoms with E-state index in [4.69, 9.17) is 4.74 Å². The molecule has 15 atom stereocenters. The van der Waals surface area contributed by atoms with E-state index in [1.807, 2.05) is 72.9 Å². The number of H-pyrrole nitrogens is 1. The number of Topliss-reactive ketones (excluding diaryl/α,β-unsaturated/α-hetero) is 2. The highest BCUT2D eigenvalue weighted by Crippen LogP contribution is 2.51. The number of rotatable bonds is 8. The van der Waals surface area contributed by atoms with E-state index in [0.717, 1.165) is 68.0 Å². The predicted molar refractivity (Wildman–Crippen MR) is 383 cm³/mol. The number of hydrogen-bond acceptors (Lipinski definition) is 13. The molecule has 0 radical (unpaired) electrons. The number of phenolic OH excluding ortho intramolecular Hbond substituents is 3. The van der Waals surface area contributed by atoms with E-state index >= 15 is 4.79 Å². The SMILES string of the molecule is CCCC1C(O)Cc2cc(c[nH]2)C(C)CNCC(O)Cc2ccc3cc(Cc4ccccc4)c(cc3c2O)NC2=CC(=CCN2)C2CC#CC3CC(CC(CO)C3Cc3cccc(O)c3)c3ccccc3C3C#CC4CC2CC1CC4C(=O)C(O)C(=O)CCc1cc(OC)c(O)cc13. The number of anilines is 1. The molecule has 98 heavy (non-hydrogen) atoms. The number of allylic oxidation sites excluding steroid dienone is 2. The number of dihydropyridines is 1. The smallest absolute Gasteiger partial charge is 0.173 e. The maximum Gasteiger partial charge on any atom is 0.173 e. The van der Waals surface area contributed by atoms with Gasteiger partial charge in [0.05, 0.1) is 25.2 Å². The third-order valence-electron chi connectivity index (χ3n) is 22.7. The number of aliphatic hydroxyl groups is 4. The first kappa shape index (κ1) is 67.9. The molecule has 0 amide bonds. The zero-order valence-corrected chi connectivity index (χ0v) is 56.5. The molecule has 14 heteroatoms. The van der Waals surface area contributed by atoms with Gasteiger partial charge >= 0.3 is 0 Å². The van der Waals surface area contributed by atoms with Crippen LogP contribution in [0.2, 0.25) is 0 Å². The molecule has 6 aliphatic rings. The van der Waals surface area contributed by atoms with Gasteiger partial charge < -0.3 is 61.4 Å². The van der Waals surface area contributed by atoms with Gasteiger partial charge in [0.25, 0.3) is 0 Å². The van der Waals surface area contributed by atoms with Gasteiger partial charge in [-0.3, -0.25) is 9.59 Å². The molecule has 15 unspecified atom stereocenters. The van der Waals surface area contributed by atoms with Gasteiger partial charge in [-0.15, -0.1) is 5.92 Å². The Kier molecular flexibility index (Phi) is 21.0. The number of benzene rings is 6. The minimum atomic E-state index is -1.93. The van der Waals surface area contributed by atoms with Gasteiger partial charge in [0.15, 0.2) is 29.2 Å². The molecule has 13 rings (SSSR count). The molecule has 13 bridgehead atoms. The van der Waals surface area contributed by atoms with Crippen LogP contribution in [0.25, 0.3) is 10.8 Å². The van der Waals surface area contributed by atoms with Gasteiger partial charge in [-0.1, -0.05) is 123 Å². The van der Waals surface area contributed by atoms with Crippen molar-refractivity contribution in [3.05, 3.63) is 207 Å². The van der Waals surface area contributed by atoms with E-state index in [0.29, 0.717) is 99.5 Å². The number of hydrogen-bond donors (Lipinski definition) is 11. The number of fused-ring (bicyclic) bond motifs is 15. The van der Waals surface area contributed by atoms with E-state index in [1.165, 1.54) is 7.11 Å². The van der Waals surface area contributed by atoms with E-state index in [2.05, 4.69) is 107 Å². The van der Waals surface area contributed by atoms with E-state index in [9.17, 15) is 40.5 Å². The third kappa shape index (κ3) is 14.9. The van der Waals surface area contributed by atoms with Gasteiger partial charge in [0.2, 0.25) is 0 Å². The molecule has 1 aromatic heterocycles. The number of β-amino-alcohol motifs (C(OH)–C–C–N with tert-alkyl or cyclic N) is 1. The number of carbonyl (C=O) groups excluding carboxylic acids is 2. The monoisotopic (exact) mass is 1320 g/mol. The third-order valence-corrected chi connectivity index (χ3v) is 22.7. The summed E-state index contributed by atoms with van der Waals surface area (Å²) in [6, 6.07) is 39.6. The number of aromatic amines is 1. The van der Waals surface area contributed by atoms with Crippen molar-refractivity contribution in [3.63, 3.8) is 0 Å². The Morgan fingerprint density at radius 3 is 2.34 bits per heavy atom. The lowest BCUT2D eigenvalue weighted by Crippen LogP contribution is -2.40. The van der Waals surface area contributed by atoms with Crippen LogP contribution in [0.4, 0.5) is 5.69 Å². The maximum atomic E-state index is 15.8. The predicted octanol–water partition coefficient (Wildman–Crippen LogP) is 12.2. The summed E-state index contributed by atoms with van der Waals surface area (Å²) in [4.78, 5) is 34.0. The average Bonchev–Trinajstić information content (AvgIpc) is 0.849. The van der Waals surface area contributed by atoms with Crippen molar-refractivity contribution in [2.45, 2.75) is 140 Å². The quantitative estimate of drug-likeness (QED) is 0.0502. The second-order valence-corrected chi connectivity index (χ2v) is 29.0. The molecule has 510 valence electrons. The van der Waals surface area contributed by atoms with Crippen LogP contribution in [0.15, 0.2) is 151 Å². The second kappa shape index (κ2) is 30.3. The number of ether oxygens (including phenoxy) is 1. The van der Waals surface area contributed by atoms with Crippen molar-refractivity contribution in [1.82, 2.24) is 15.6 Å². The highest BCUT2D eigenvalue weighted by atomic mass is 16.5. The number of aryl methyl sites for hydroxylation is 1. The molecule has 0 spiro atoms.